The van der Waals surface area contributed by atoms with Gasteiger partial charge >= 0.3 is 6.18 Å². The first-order valence-electron chi connectivity index (χ1n) is 7.10. The molecule has 1 saturated heterocycles. The van der Waals surface area contributed by atoms with Gasteiger partial charge in [0.05, 0.1) is 17.7 Å². The number of morpholine rings is 1. The van der Waals surface area contributed by atoms with Crippen LogP contribution in [0.15, 0.2) is 4.47 Å². The summed E-state index contributed by atoms with van der Waals surface area (Å²) in [6, 6.07) is -0.211. The molecule has 10 heteroatoms. The Bertz CT molecular complexity index is 570. The van der Waals surface area contributed by atoms with Crippen LogP contribution >= 0.6 is 15.9 Å². The van der Waals surface area contributed by atoms with Gasteiger partial charge in [0.1, 0.15) is 5.69 Å². The van der Waals surface area contributed by atoms with Gasteiger partial charge in [-0.1, -0.05) is 0 Å². The summed E-state index contributed by atoms with van der Waals surface area (Å²) in [4.78, 5) is 14.4. The average molecular weight is 399 g/mol. The van der Waals surface area contributed by atoms with Crippen LogP contribution in [0.5, 0.6) is 0 Å². The first kappa shape index (κ1) is 18.2. The van der Waals surface area contributed by atoms with Crippen molar-refractivity contribution < 1.29 is 22.7 Å². The number of carbonyl (C=O) groups excluding carboxylic acids is 1. The molecule has 1 aromatic rings. The molecule has 1 aliphatic rings. The normalized spacial score (nSPS) is 18.0. The molecule has 2 heterocycles. The van der Waals surface area contributed by atoms with Gasteiger partial charge in [0.2, 0.25) is 0 Å². The van der Waals surface area contributed by atoms with E-state index in [1.165, 1.54) is 7.05 Å². The van der Waals surface area contributed by atoms with Gasteiger partial charge in [0.15, 0.2) is 5.69 Å². The molecule has 1 atom stereocenters. The lowest BCUT2D eigenvalue weighted by atomic mass is 10.2. The quantitative estimate of drug-likeness (QED) is 0.837. The van der Waals surface area contributed by atoms with Crippen LogP contribution in [0, 0.1) is 0 Å². The summed E-state index contributed by atoms with van der Waals surface area (Å²) in [7, 11) is 1.31. The fourth-order valence-corrected chi connectivity index (χ4v) is 3.18. The standard InChI is InChI=1S/C13H18BrF3N4O2/c1-8(7-21-3-5-23-6-4-21)18-12(22)10-9(14)11(13(15,16)17)19-20(10)2/h8H,3-7H2,1-2H3,(H,18,22)/t8-/m1/s1. The molecule has 1 aromatic heterocycles. The number of nitrogens with one attached hydrogen (secondary N) is 1. The van der Waals surface area contributed by atoms with Crippen LogP contribution in [0.2, 0.25) is 0 Å². The number of nitrogens with zero attached hydrogens (tertiary/aromatic N) is 3. The van der Waals surface area contributed by atoms with Gasteiger partial charge in [-0.2, -0.15) is 18.3 Å². The van der Waals surface area contributed by atoms with Gasteiger partial charge in [-0.15, -0.1) is 0 Å². The Hall–Kier alpha value is -1.13. The second-order valence-corrected chi connectivity index (χ2v) is 6.21. The Kier molecular flexibility index (Phi) is 5.69. The van der Waals surface area contributed by atoms with Crippen molar-refractivity contribution >= 4 is 21.8 Å². The van der Waals surface area contributed by atoms with E-state index in [1.807, 2.05) is 6.92 Å². The largest absolute Gasteiger partial charge is 0.436 e. The first-order chi connectivity index (χ1) is 10.7. The second-order valence-electron chi connectivity index (χ2n) is 5.42. The molecule has 0 bridgehead atoms. The van der Waals surface area contributed by atoms with Crippen LogP contribution in [-0.2, 0) is 18.0 Å². The van der Waals surface area contributed by atoms with E-state index in [4.69, 9.17) is 4.74 Å². The second kappa shape index (κ2) is 7.18. The minimum atomic E-state index is -4.62. The number of alkyl halides is 3. The van der Waals surface area contributed by atoms with E-state index in [2.05, 4.69) is 31.2 Å². The van der Waals surface area contributed by atoms with Gasteiger partial charge in [0, 0.05) is 32.7 Å². The van der Waals surface area contributed by atoms with Gasteiger partial charge in [-0.05, 0) is 22.9 Å². The van der Waals surface area contributed by atoms with Crippen molar-refractivity contribution in [1.82, 2.24) is 20.0 Å². The van der Waals surface area contributed by atoms with Crippen molar-refractivity contribution in [2.45, 2.75) is 19.1 Å². The Morgan fingerprint density at radius 2 is 2.04 bits per heavy atom. The molecule has 130 valence electrons. The predicted molar refractivity (Wildman–Crippen MR) is 80.1 cm³/mol. The molecule has 0 radical (unpaired) electrons. The lowest BCUT2D eigenvalue weighted by Gasteiger charge is -2.29. The SMILES string of the molecule is C[C@H](CN1CCOCC1)NC(=O)c1c(Br)c(C(F)(F)F)nn1C. The molecular weight excluding hydrogens is 381 g/mol. The van der Waals surface area contributed by atoms with Crippen molar-refractivity contribution in [2.75, 3.05) is 32.8 Å². The minimum Gasteiger partial charge on any atom is -0.379 e. The van der Waals surface area contributed by atoms with Crippen LogP contribution in [0.3, 0.4) is 0 Å². The van der Waals surface area contributed by atoms with Crippen LogP contribution in [0.4, 0.5) is 13.2 Å². The van der Waals surface area contributed by atoms with E-state index in [0.717, 1.165) is 17.8 Å². The van der Waals surface area contributed by atoms with Crippen molar-refractivity contribution in [3.05, 3.63) is 15.9 Å². The van der Waals surface area contributed by atoms with E-state index in [1.54, 1.807) is 0 Å². The molecule has 1 N–H and O–H groups in total. The number of aromatic nitrogens is 2. The van der Waals surface area contributed by atoms with Crippen LogP contribution in [-0.4, -0.2) is 59.5 Å². The number of amides is 1. The third-order valence-corrected chi connectivity index (χ3v) is 4.24. The number of carbonyl (C=O) groups is 1. The summed E-state index contributed by atoms with van der Waals surface area (Å²) >= 11 is 2.84. The zero-order valence-electron chi connectivity index (χ0n) is 12.8. The lowest BCUT2D eigenvalue weighted by molar-refractivity contribution is -0.142. The van der Waals surface area contributed by atoms with Crippen molar-refractivity contribution in [3.8, 4) is 0 Å². The molecule has 2 rings (SSSR count). The van der Waals surface area contributed by atoms with Gasteiger partial charge in [-0.3, -0.25) is 14.4 Å². The Morgan fingerprint density at radius 1 is 1.43 bits per heavy atom. The zero-order valence-corrected chi connectivity index (χ0v) is 14.4. The average Bonchev–Trinajstić information content (AvgIpc) is 2.74. The van der Waals surface area contributed by atoms with Gasteiger partial charge in [-0.25, -0.2) is 0 Å². The third-order valence-electron chi connectivity index (χ3n) is 3.49. The molecule has 0 aliphatic carbocycles. The summed E-state index contributed by atoms with van der Waals surface area (Å²) in [5, 5.41) is 6.09. The van der Waals surface area contributed by atoms with E-state index < -0.39 is 17.8 Å². The molecule has 0 saturated carbocycles. The maximum absolute atomic E-state index is 12.8. The molecule has 0 aromatic carbocycles. The number of ether oxygens (including phenoxy) is 1. The molecule has 1 fully saturated rings. The lowest BCUT2D eigenvalue weighted by Crippen LogP contribution is -2.46. The number of aryl methyl sites for hydroxylation is 1. The fraction of sp³-hybridized carbons (Fsp3) is 0.692. The Morgan fingerprint density at radius 3 is 2.57 bits per heavy atom. The molecule has 0 unspecified atom stereocenters. The highest BCUT2D eigenvalue weighted by Crippen LogP contribution is 2.35. The summed E-state index contributed by atoms with van der Waals surface area (Å²) in [6.07, 6.45) is -4.62. The highest BCUT2D eigenvalue weighted by Gasteiger charge is 2.39. The number of rotatable bonds is 4. The van der Waals surface area contributed by atoms with E-state index >= 15 is 0 Å². The van der Waals surface area contributed by atoms with Gasteiger partial charge in [0.25, 0.3) is 5.91 Å². The molecule has 6 nitrogen and oxygen atoms in total. The smallest absolute Gasteiger partial charge is 0.379 e. The summed E-state index contributed by atoms with van der Waals surface area (Å²) in [5.41, 5.74) is -1.25. The maximum atomic E-state index is 12.8. The van der Waals surface area contributed by atoms with Crippen LogP contribution < -0.4 is 5.32 Å². The van der Waals surface area contributed by atoms with Gasteiger partial charge < -0.3 is 10.1 Å². The third kappa shape index (κ3) is 4.45. The maximum Gasteiger partial charge on any atom is 0.436 e. The van der Waals surface area contributed by atoms with Crippen molar-refractivity contribution in [1.29, 1.82) is 0 Å². The summed E-state index contributed by atoms with van der Waals surface area (Å²) < 4.78 is 44.3. The van der Waals surface area contributed by atoms with Crippen LogP contribution in [0.25, 0.3) is 0 Å². The molecule has 1 aliphatic heterocycles. The van der Waals surface area contributed by atoms with Crippen molar-refractivity contribution in [3.63, 3.8) is 0 Å². The highest BCUT2D eigenvalue weighted by atomic mass is 79.9. The summed E-state index contributed by atoms with van der Waals surface area (Å²) in [6.45, 7) is 5.24. The number of halogens is 4. The van der Waals surface area contributed by atoms with E-state index in [-0.39, 0.29) is 16.2 Å². The Labute approximate surface area is 140 Å². The topological polar surface area (TPSA) is 59.4 Å². The predicted octanol–water partition coefficient (Wildman–Crippen LogP) is 1.65. The molecular formula is C13H18BrF3N4O2. The first-order valence-corrected chi connectivity index (χ1v) is 7.90. The zero-order chi connectivity index (χ0) is 17.2. The minimum absolute atomic E-state index is 0.147. The van der Waals surface area contributed by atoms with E-state index in [9.17, 15) is 18.0 Å². The number of hydrogen-bond donors (Lipinski definition) is 1. The van der Waals surface area contributed by atoms with E-state index in [0.29, 0.717) is 19.8 Å². The molecule has 0 spiro atoms. The molecule has 1 amide bonds. The fourth-order valence-electron chi connectivity index (χ4n) is 2.43. The monoisotopic (exact) mass is 398 g/mol. The van der Waals surface area contributed by atoms with Crippen molar-refractivity contribution in [2.24, 2.45) is 7.05 Å². The Balaban J connectivity index is 2.04. The molecule has 23 heavy (non-hydrogen) atoms. The highest BCUT2D eigenvalue weighted by molar-refractivity contribution is 9.10. The number of hydrogen-bond acceptors (Lipinski definition) is 4. The summed E-state index contributed by atoms with van der Waals surface area (Å²) in [5.74, 6) is -0.594. The van der Waals surface area contributed by atoms with Crippen LogP contribution in [0.1, 0.15) is 23.1 Å².